The molecule has 3 rings (SSSR count). The molecule has 108 valence electrons. The molecular formula is C15H16N4S2. The van der Waals surface area contributed by atoms with E-state index >= 15 is 0 Å². The first-order valence-corrected chi connectivity index (χ1v) is 8.64. The van der Waals surface area contributed by atoms with E-state index in [9.17, 15) is 0 Å². The molecule has 0 bridgehead atoms. The molecule has 0 saturated carbocycles. The summed E-state index contributed by atoms with van der Waals surface area (Å²) < 4.78 is 0. The van der Waals surface area contributed by atoms with Crippen LogP contribution in [-0.2, 0) is 0 Å². The summed E-state index contributed by atoms with van der Waals surface area (Å²) in [6.45, 7) is 3.11. The number of rotatable bonds is 6. The van der Waals surface area contributed by atoms with E-state index in [4.69, 9.17) is 0 Å². The van der Waals surface area contributed by atoms with Crippen LogP contribution in [0.1, 0.15) is 30.0 Å². The fourth-order valence-corrected chi connectivity index (χ4v) is 3.58. The Labute approximate surface area is 131 Å². The fraction of sp³-hybridized carbons (Fsp3) is 0.267. The number of hydrogen-bond donors (Lipinski definition) is 1. The Balaban J connectivity index is 1.90. The maximum atomic E-state index is 4.37. The van der Waals surface area contributed by atoms with Crippen molar-refractivity contribution in [1.82, 2.24) is 20.5 Å². The van der Waals surface area contributed by atoms with E-state index in [-0.39, 0.29) is 6.04 Å². The van der Waals surface area contributed by atoms with E-state index in [0.717, 1.165) is 28.7 Å². The molecule has 1 aromatic carbocycles. The minimum Gasteiger partial charge on any atom is -0.304 e. The van der Waals surface area contributed by atoms with Crippen molar-refractivity contribution in [3.63, 3.8) is 0 Å². The third-order valence-corrected chi connectivity index (χ3v) is 4.67. The smallest absolute Gasteiger partial charge is 0.167 e. The molecule has 21 heavy (non-hydrogen) atoms. The predicted molar refractivity (Wildman–Crippen MR) is 87.6 cm³/mol. The average molecular weight is 316 g/mol. The van der Waals surface area contributed by atoms with Gasteiger partial charge < -0.3 is 5.32 Å². The first-order chi connectivity index (χ1) is 10.4. The lowest BCUT2D eigenvalue weighted by Gasteiger charge is -2.15. The van der Waals surface area contributed by atoms with Crippen LogP contribution in [0.5, 0.6) is 0 Å². The van der Waals surface area contributed by atoms with Crippen LogP contribution in [0.2, 0.25) is 0 Å². The molecule has 4 nitrogen and oxygen atoms in total. The Kier molecular flexibility index (Phi) is 4.69. The molecule has 0 amide bonds. The van der Waals surface area contributed by atoms with Crippen molar-refractivity contribution >= 4 is 22.7 Å². The Morgan fingerprint density at radius 3 is 2.76 bits per heavy atom. The van der Waals surface area contributed by atoms with Gasteiger partial charge in [-0.1, -0.05) is 48.6 Å². The zero-order chi connectivity index (χ0) is 14.5. The predicted octanol–water partition coefficient (Wildman–Crippen LogP) is 3.75. The summed E-state index contributed by atoms with van der Waals surface area (Å²) in [4.78, 5) is 4.30. The highest BCUT2D eigenvalue weighted by atomic mass is 32.1. The van der Waals surface area contributed by atoms with Gasteiger partial charge >= 0.3 is 0 Å². The number of nitrogens with zero attached hydrogens (tertiary/aromatic N) is 3. The Bertz CT molecular complexity index is 664. The van der Waals surface area contributed by atoms with E-state index in [1.165, 1.54) is 5.56 Å². The summed E-state index contributed by atoms with van der Waals surface area (Å²) in [5.41, 5.74) is 3.94. The lowest BCUT2D eigenvalue weighted by Crippen LogP contribution is -2.23. The number of thiazole rings is 1. The summed E-state index contributed by atoms with van der Waals surface area (Å²) in [5, 5.41) is 16.1. The van der Waals surface area contributed by atoms with Crippen LogP contribution in [0, 0.1) is 0 Å². The molecule has 0 aliphatic carbocycles. The zero-order valence-electron chi connectivity index (χ0n) is 11.7. The highest BCUT2D eigenvalue weighted by Gasteiger charge is 2.19. The van der Waals surface area contributed by atoms with Crippen LogP contribution in [0.15, 0.2) is 41.2 Å². The second-order valence-electron chi connectivity index (χ2n) is 4.62. The number of hydrogen-bond acceptors (Lipinski definition) is 6. The Morgan fingerprint density at radius 1 is 1.19 bits per heavy atom. The van der Waals surface area contributed by atoms with E-state index in [1.54, 1.807) is 22.7 Å². The lowest BCUT2D eigenvalue weighted by molar-refractivity contribution is 0.592. The van der Waals surface area contributed by atoms with E-state index < -0.39 is 0 Å². The van der Waals surface area contributed by atoms with Crippen LogP contribution < -0.4 is 5.32 Å². The summed E-state index contributed by atoms with van der Waals surface area (Å²) in [6, 6.07) is 10.5. The molecule has 1 atom stereocenters. The Morgan fingerprint density at radius 2 is 2.05 bits per heavy atom. The van der Waals surface area contributed by atoms with Crippen LogP contribution in [0.4, 0.5) is 0 Å². The summed E-state index contributed by atoms with van der Waals surface area (Å²) >= 11 is 3.18. The topological polar surface area (TPSA) is 50.7 Å². The van der Waals surface area contributed by atoms with Crippen LogP contribution >= 0.6 is 22.7 Å². The average Bonchev–Trinajstić information content (AvgIpc) is 3.20. The monoisotopic (exact) mass is 316 g/mol. The van der Waals surface area contributed by atoms with Crippen molar-refractivity contribution in [2.45, 2.75) is 19.4 Å². The number of aromatic nitrogens is 3. The van der Waals surface area contributed by atoms with Crippen LogP contribution in [0.25, 0.3) is 10.7 Å². The standard InChI is InChI=1S/C15H16N4S2/c1-2-8-16-13(11-6-4-3-5-7-11)15-19-18-14(21-15)12-9-20-10-17-12/h3-7,9-10,13,16H,2,8H2,1H3. The zero-order valence-corrected chi connectivity index (χ0v) is 13.3. The third-order valence-electron chi connectivity index (χ3n) is 3.07. The molecule has 0 fully saturated rings. The second kappa shape index (κ2) is 6.89. The first kappa shape index (κ1) is 14.3. The molecule has 0 spiro atoms. The van der Waals surface area contributed by atoms with Gasteiger partial charge in [-0.2, -0.15) is 0 Å². The van der Waals surface area contributed by atoms with Gasteiger partial charge in [0.25, 0.3) is 0 Å². The second-order valence-corrected chi connectivity index (χ2v) is 6.34. The normalized spacial score (nSPS) is 12.4. The summed E-state index contributed by atoms with van der Waals surface area (Å²) in [7, 11) is 0. The molecule has 3 aromatic rings. The first-order valence-electron chi connectivity index (χ1n) is 6.88. The summed E-state index contributed by atoms with van der Waals surface area (Å²) in [6.07, 6.45) is 1.08. The lowest BCUT2D eigenvalue weighted by atomic mass is 10.1. The maximum Gasteiger partial charge on any atom is 0.167 e. The Hall–Kier alpha value is -1.63. The van der Waals surface area contributed by atoms with E-state index in [2.05, 4.69) is 51.7 Å². The van der Waals surface area contributed by atoms with Crippen molar-refractivity contribution < 1.29 is 0 Å². The van der Waals surface area contributed by atoms with Crippen molar-refractivity contribution in [1.29, 1.82) is 0 Å². The van der Waals surface area contributed by atoms with Crippen LogP contribution in [-0.4, -0.2) is 21.7 Å². The van der Waals surface area contributed by atoms with Gasteiger partial charge in [-0.15, -0.1) is 21.5 Å². The molecule has 1 unspecified atom stereocenters. The summed E-state index contributed by atoms with van der Waals surface area (Å²) in [5.74, 6) is 0. The van der Waals surface area contributed by atoms with Gasteiger partial charge in [-0.25, -0.2) is 4.98 Å². The molecule has 0 aliphatic rings. The van der Waals surface area contributed by atoms with Gasteiger partial charge in [0.05, 0.1) is 11.6 Å². The van der Waals surface area contributed by atoms with Gasteiger partial charge in [0, 0.05) is 5.38 Å². The number of nitrogens with one attached hydrogen (secondary N) is 1. The molecule has 0 radical (unpaired) electrons. The van der Waals surface area contributed by atoms with E-state index in [0.29, 0.717) is 0 Å². The maximum absolute atomic E-state index is 4.37. The van der Waals surface area contributed by atoms with Crippen molar-refractivity contribution in [2.24, 2.45) is 0 Å². The molecular weight excluding hydrogens is 300 g/mol. The SMILES string of the molecule is CCCNC(c1ccccc1)c1nnc(-c2cscn2)s1. The largest absolute Gasteiger partial charge is 0.304 e. The van der Waals surface area contributed by atoms with Gasteiger partial charge in [-0.05, 0) is 18.5 Å². The molecule has 6 heteroatoms. The van der Waals surface area contributed by atoms with Gasteiger partial charge in [0.1, 0.15) is 10.7 Å². The fourth-order valence-electron chi connectivity index (χ4n) is 2.05. The minimum absolute atomic E-state index is 0.0936. The van der Waals surface area contributed by atoms with E-state index in [1.807, 2.05) is 17.0 Å². The minimum atomic E-state index is 0.0936. The molecule has 0 saturated heterocycles. The van der Waals surface area contributed by atoms with Crippen molar-refractivity contribution in [2.75, 3.05) is 6.54 Å². The third kappa shape index (κ3) is 3.34. The number of benzene rings is 1. The van der Waals surface area contributed by atoms with Crippen LogP contribution in [0.3, 0.4) is 0 Å². The molecule has 0 aliphatic heterocycles. The highest BCUT2D eigenvalue weighted by molar-refractivity contribution is 7.15. The molecule has 2 aromatic heterocycles. The van der Waals surface area contributed by atoms with Gasteiger partial charge in [0.2, 0.25) is 0 Å². The van der Waals surface area contributed by atoms with Crippen molar-refractivity contribution in [3.8, 4) is 10.7 Å². The van der Waals surface area contributed by atoms with Crippen molar-refractivity contribution in [3.05, 3.63) is 51.8 Å². The quantitative estimate of drug-likeness (QED) is 0.752. The molecule has 2 heterocycles. The molecule has 1 N–H and O–H groups in total. The van der Waals surface area contributed by atoms with Gasteiger partial charge in [-0.3, -0.25) is 0 Å². The highest BCUT2D eigenvalue weighted by Crippen LogP contribution is 2.29. The van der Waals surface area contributed by atoms with Gasteiger partial charge in [0.15, 0.2) is 5.01 Å².